The molecular formula is C10H9F3N4. The number of anilines is 1. The van der Waals surface area contributed by atoms with Gasteiger partial charge in [0.2, 0.25) is 5.95 Å². The van der Waals surface area contributed by atoms with Crippen molar-refractivity contribution in [1.29, 1.82) is 0 Å². The van der Waals surface area contributed by atoms with Gasteiger partial charge in [-0.05, 0) is 25.1 Å². The van der Waals surface area contributed by atoms with Crippen molar-refractivity contribution in [2.45, 2.75) is 13.1 Å². The van der Waals surface area contributed by atoms with E-state index >= 15 is 0 Å². The fourth-order valence-electron chi connectivity index (χ4n) is 1.47. The number of hydrogen-bond acceptors (Lipinski definition) is 3. The fourth-order valence-corrected chi connectivity index (χ4v) is 1.47. The van der Waals surface area contributed by atoms with E-state index in [1.165, 1.54) is 16.8 Å². The Morgan fingerprint density at radius 3 is 2.53 bits per heavy atom. The van der Waals surface area contributed by atoms with E-state index in [0.717, 1.165) is 12.1 Å². The summed E-state index contributed by atoms with van der Waals surface area (Å²) < 4.78 is 38.8. The lowest BCUT2D eigenvalue weighted by Crippen LogP contribution is -2.07. The highest BCUT2D eigenvalue weighted by Crippen LogP contribution is 2.30. The number of aromatic nitrogens is 3. The van der Waals surface area contributed by atoms with Crippen LogP contribution in [0, 0.1) is 6.92 Å². The first-order valence-corrected chi connectivity index (χ1v) is 4.75. The quantitative estimate of drug-likeness (QED) is 0.833. The second-order valence-electron chi connectivity index (χ2n) is 3.48. The van der Waals surface area contributed by atoms with Crippen LogP contribution >= 0.6 is 0 Å². The van der Waals surface area contributed by atoms with Crippen LogP contribution in [0.1, 0.15) is 11.4 Å². The van der Waals surface area contributed by atoms with Crippen LogP contribution in [-0.4, -0.2) is 14.8 Å². The molecule has 90 valence electrons. The molecule has 1 aromatic heterocycles. The average molecular weight is 242 g/mol. The van der Waals surface area contributed by atoms with Gasteiger partial charge in [-0.2, -0.15) is 18.2 Å². The summed E-state index contributed by atoms with van der Waals surface area (Å²) in [5.74, 6) is 0.460. The summed E-state index contributed by atoms with van der Waals surface area (Å²) in [5.41, 5.74) is 4.92. The maximum atomic E-state index is 12.5. The van der Waals surface area contributed by atoms with Crippen molar-refractivity contribution in [1.82, 2.24) is 14.8 Å². The number of aryl methyl sites for hydroxylation is 1. The summed E-state index contributed by atoms with van der Waals surface area (Å²) in [6.45, 7) is 1.61. The third-order valence-corrected chi connectivity index (χ3v) is 2.20. The van der Waals surface area contributed by atoms with Gasteiger partial charge in [0.15, 0.2) is 0 Å². The van der Waals surface area contributed by atoms with Gasteiger partial charge in [-0.25, -0.2) is 4.68 Å². The number of hydrogen-bond donors (Lipinski definition) is 1. The third-order valence-electron chi connectivity index (χ3n) is 2.20. The van der Waals surface area contributed by atoms with Gasteiger partial charge in [-0.3, -0.25) is 0 Å². The maximum Gasteiger partial charge on any atom is 0.416 e. The van der Waals surface area contributed by atoms with Crippen LogP contribution in [0.5, 0.6) is 0 Å². The van der Waals surface area contributed by atoms with Gasteiger partial charge in [-0.15, -0.1) is 5.10 Å². The number of nitrogens with two attached hydrogens (primary N) is 1. The summed E-state index contributed by atoms with van der Waals surface area (Å²) in [4.78, 5) is 3.83. The smallest absolute Gasteiger partial charge is 0.366 e. The topological polar surface area (TPSA) is 56.7 Å². The fraction of sp³-hybridized carbons (Fsp3) is 0.200. The Bertz CT molecular complexity index is 545. The second kappa shape index (κ2) is 3.76. The summed E-state index contributed by atoms with van der Waals surface area (Å²) in [7, 11) is 0. The molecule has 0 fully saturated rings. The molecule has 0 amide bonds. The predicted molar refractivity (Wildman–Crippen MR) is 55.5 cm³/mol. The first-order chi connectivity index (χ1) is 7.88. The first kappa shape index (κ1) is 11.4. The van der Waals surface area contributed by atoms with Crippen LogP contribution in [0.2, 0.25) is 0 Å². The molecule has 0 unspecified atom stereocenters. The highest BCUT2D eigenvalue weighted by Gasteiger charge is 2.30. The lowest BCUT2D eigenvalue weighted by molar-refractivity contribution is -0.137. The first-order valence-electron chi connectivity index (χ1n) is 4.75. The number of alkyl halides is 3. The number of halogens is 3. The molecule has 0 spiro atoms. The van der Waals surface area contributed by atoms with Gasteiger partial charge in [0.1, 0.15) is 5.82 Å². The monoisotopic (exact) mass is 242 g/mol. The van der Waals surface area contributed by atoms with Crippen molar-refractivity contribution in [2.75, 3.05) is 5.73 Å². The molecule has 2 rings (SSSR count). The summed E-state index contributed by atoms with van der Waals surface area (Å²) in [6.07, 6.45) is -4.38. The molecule has 0 aliphatic rings. The highest BCUT2D eigenvalue weighted by atomic mass is 19.4. The zero-order valence-electron chi connectivity index (χ0n) is 8.86. The van der Waals surface area contributed by atoms with E-state index in [1.807, 2.05) is 0 Å². The molecule has 0 atom stereocenters. The Kier molecular flexibility index (Phi) is 2.53. The van der Waals surface area contributed by atoms with E-state index < -0.39 is 11.7 Å². The van der Waals surface area contributed by atoms with E-state index in [0.29, 0.717) is 5.82 Å². The lowest BCUT2D eigenvalue weighted by atomic mass is 10.2. The van der Waals surface area contributed by atoms with E-state index in [-0.39, 0.29) is 11.6 Å². The predicted octanol–water partition coefficient (Wildman–Crippen LogP) is 2.18. The Labute approximate surface area is 94.9 Å². The summed E-state index contributed by atoms with van der Waals surface area (Å²) in [6, 6.07) is 4.83. The Morgan fingerprint density at radius 2 is 2.00 bits per heavy atom. The molecule has 0 bridgehead atoms. The van der Waals surface area contributed by atoms with Gasteiger partial charge in [0.25, 0.3) is 0 Å². The van der Waals surface area contributed by atoms with E-state index in [9.17, 15) is 13.2 Å². The molecule has 4 nitrogen and oxygen atoms in total. The summed E-state index contributed by atoms with van der Waals surface area (Å²) >= 11 is 0. The van der Waals surface area contributed by atoms with Crippen LogP contribution in [-0.2, 0) is 6.18 Å². The molecule has 1 heterocycles. The minimum absolute atomic E-state index is 0.0277. The zero-order chi connectivity index (χ0) is 12.6. The lowest BCUT2D eigenvalue weighted by Gasteiger charge is -2.08. The van der Waals surface area contributed by atoms with Crippen molar-refractivity contribution in [2.24, 2.45) is 0 Å². The zero-order valence-corrected chi connectivity index (χ0v) is 8.86. The van der Waals surface area contributed by atoms with Crippen LogP contribution < -0.4 is 5.73 Å². The van der Waals surface area contributed by atoms with Crippen LogP contribution in [0.15, 0.2) is 24.3 Å². The van der Waals surface area contributed by atoms with E-state index in [1.54, 1.807) is 6.92 Å². The second-order valence-corrected chi connectivity index (χ2v) is 3.48. The molecule has 0 aliphatic carbocycles. The Hall–Kier alpha value is -2.05. The highest BCUT2D eigenvalue weighted by molar-refractivity contribution is 5.38. The molecule has 17 heavy (non-hydrogen) atoms. The van der Waals surface area contributed by atoms with E-state index in [2.05, 4.69) is 10.1 Å². The third kappa shape index (κ3) is 2.22. The summed E-state index contributed by atoms with van der Waals surface area (Å²) in [5, 5.41) is 3.82. The normalized spacial score (nSPS) is 11.8. The van der Waals surface area contributed by atoms with Crippen molar-refractivity contribution in [3.05, 3.63) is 35.7 Å². The average Bonchev–Trinajstić information content (AvgIpc) is 2.57. The van der Waals surface area contributed by atoms with Crippen molar-refractivity contribution >= 4 is 5.95 Å². The van der Waals surface area contributed by atoms with E-state index in [4.69, 9.17) is 5.73 Å². The van der Waals surface area contributed by atoms with Gasteiger partial charge >= 0.3 is 6.18 Å². The molecule has 1 aromatic carbocycles. The van der Waals surface area contributed by atoms with Gasteiger partial charge < -0.3 is 5.73 Å². The SMILES string of the molecule is Cc1nc(N)nn1-c1cccc(C(F)(F)F)c1. The molecular weight excluding hydrogens is 233 g/mol. The molecule has 0 aliphatic heterocycles. The molecule has 0 saturated heterocycles. The van der Waals surface area contributed by atoms with Crippen molar-refractivity contribution < 1.29 is 13.2 Å². The minimum atomic E-state index is -4.38. The number of rotatable bonds is 1. The number of nitrogen functional groups attached to an aromatic ring is 1. The Balaban J connectivity index is 2.50. The molecule has 2 N–H and O–H groups in total. The minimum Gasteiger partial charge on any atom is -0.366 e. The van der Waals surface area contributed by atoms with Gasteiger partial charge in [0, 0.05) is 0 Å². The molecule has 0 saturated carbocycles. The van der Waals surface area contributed by atoms with Crippen LogP contribution in [0.25, 0.3) is 5.69 Å². The van der Waals surface area contributed by atoms with Crippen LogP contribution in [0.3, 0.4) is 0 Å². The molecule has 7 heteroatoms. The van der Waals surface area contributed by atoms with Crippen molar-refractivity contribution in [3.8, 4) is 5.69 Å². The van der Waals surface area contributed by atoms with Crippen LogP contribution in [0.4, 0.5) is 19.1 Å². The molecule has 2 aromatic rings. The number of benzene rings is 1. The van der Waals surface area contributed by atoms with Gasteiger partial charge in [-0.1, -0.05) is 6.07 Å². The van der Waals surface area contributed by atoms with Gasteiger partial charge in [0.05, 0.1) is 11.3 Å². The van der Waals surface area contributed by atoms with Crippen molar-refractivity contribution in [3.63, 3.8) is 0 Å². The standard InChI is InChI=1S/C10H9F3N4/c1-6-15-9(14)16-17(6)8-4-2-3-7(5-8)10(11,12)13/h2-5H,1H3,(H2,14,16). The Morgan fingerprint density at radius 1 is 1.29 bits per heavy atom. The molecule has 0 radical (unpaired) electrons. The maximum absolute atomic E-state index is 12.5. The number of nitrogens with zero attached hydrogens (tertiary/aromatic N) is 3. The largest absolute Gasteiger partial charge is 0.416 e.